The summed E-state index contributed by atoms with van der Waals surface area (Å²) >= 11 is 1.47. The monoisotopic (exact) mass is 418 g/mol. The molecule has 0 aliphatic carbocycles. The van der Waals surface area contributed by atoms with Crippen molar-refractivity contribution in [2.24, 2.45) is 5.92 Å². The number of hydrogen-bond acceptors (Lipinski definition) is 7. The van der Waals surface area contributed by atoms with Crippen LogP contribution < -0.4 is 10.5 Å². The SMILES string of the molecule is CCc1cc(=O)n2nc(N3CCC(CC(=O)N4CCN(CC)CC4)CC3)sc2n1. The predicted molar refractivity (Wildman–Crippen MR) is 115 cm³/mol. The number of likely N-dealkylation sites (N-methyl/N-ethyl adjacent to an activating group) is 1. The third-order valence-electron chi connectivity index (χ3n) is 6.17. The minimum atomic E-state index is -0.113. The van der Waals surface area contributed by atoms with Gasteiger partial charge in [0.25, 0.3) is 5.56 Å². The van der Waals surface area contributed by atoms with Gasteiger partial charge in [0, 0.05) is 57.4 Å². The number of anilines is 1. The second-order valence-corrected chi connectivity index (χ2v) is 8.90. The molecule has 0 spiro atoms. The number of nitrogens with zero attached hydrogens (tertiary/aromatic N) is 6. The number of aryl methyl sites for hydroxylation is 1. The summed E-state index contributed by atoms with van der Waals surface area (Å²) in [5, 5.41) is 5.34. The summed E-state index contributed by atoms with van der Waals surface area (Å²) in [4.78, 5) is 36.7. The number of fused-ring (bicyclic) bond motifs is 1. The molecule has 9 heteroatoms. The van der Waals surface area contributed by atoms with E-state index in [2.05, 4.69) is 26.8 Å². The fourth-order valence-corrected chi connectivity index (χ4v) is 5.15. The van der Waals surface area contributed by atoms with Gasteiger partial charge in [-0.25, -0.2) is 4.98 Å². The Morgan fingerprint density at radius 1 is 1.14 bits per heavy atom. The van der Waals surface area contributed by atoms with E-state index in [0.717, 1.165) is 75.9 Å². The summed E-state index contributed by atoms with van der Waals surface area (Å²) in [5.74, 6) is 0.743. The molecule has 1 amide bonds. The van der Waals surface area contributed by atoms with Crippen LogP contribution in [0.1, 0.15) is 38.8 Å². The van der Waals surface area contributed by atoms with Crippen molar-refractivity contribution in [1.82, 2.24) is 24.4 Å². The summed E-state index contributed by atoms with van der Waals surface area (Å²) < 4.78 is 1.41. The Labute approximate surface area is 175 Å². The second-order valence-electron chi connectivity index (χ2n) is 7.97. The highest BCUT2D eigenvalue weighted by Crippen LogP contribution is 2.28. The molecule has 2 aromatic heterocycles. The van der Waals surface area contributed by atoms with Gasteiger partial charge in [-0.3, -0.25) is 9.59 Å². The average molecular weight is 419 g/mol. The van der Waals surface area contributed by atoms with Crippen LogP contribution in [0, 0.1) is 5.92 Å². The maximum atomic E-state index is 12.7. The van der Waals surface area contributed by atoms with Crippen molar-refractivity contribution < 1.29 is 4.79 Å². The number of amides is 1. The van der Waals surface area contributed by atoms with Gasteiger partial charge in [0.05, 0.1) is 0 Å². The lowest BCUT2D eigenvalue weighted by Gasteiger charge is -2.36. The number of piperazine rings is 1. The summed E-state index contributed by atoms with van der Waals surface area (Å²) in [5.41, 5.74) is 0.695. The first-order chi connectivity index (χ1) is 14.1. The molecule has 0 saturated carbocycles. The fourth-order valence-electron chi connectivity index (χ4n) is 4.17. The Kier molecular flexibility index (Phi) is 6.15. The third kappa shape index (κ3) is 4.45. The lowest BCUT2D eigenvalue weighted by Crippen LogP contribution is -2.49. The first-order valence-electron chi connectivity index (χ1n) is 10.7. The number of aromatic nitrogens is 3. The molecular weight excluding hydrogens is 388 g/mol. The highest BCUT2D eigenvalue weighted by atomic mass is 32.1. The topological polar surface area (TPSA) is 74.1 Å². The van der Waals surface area contributed by atoms with Crippen molar-refractivity contribution >= 4 is 27.3 Å². The zero-order chi connectivity index (χ0) is 20.4. The van der Waals surface area contributed by atoms with Crippen molar-refractivity contribution in [3.63, 3.8) is 0 Å². The second kappa shape index (κ2) is 8.79. The number of piperidine rings is 1. The van der Waals surface area contributed by atoms with Crippen LogP contribution in [0.2, 0.25) is 0 Å². The van der Waals surface area contributed by atoms with E-state index in [4.69, 9.17) is 0 Å². The van der Waals surface area contributed by atoms with Crippen LogP contribution >= 0.6 is 11.3 Å². The van der Waals surface area contributed by atoms with Crippen LogP contribution in [0.5, 0.6) is 0 Å². The Hall–Kier alpha value is -2.00. The van der Waals surface area contributed by atoms with Gasteiger partial charge in [0.15, 0.2) is 0 Å². The van der Waals surface area contributed by atoms with Crippen molar-refractivity contribution in [2.45, 2.75) is 39.5 Å². The average Bonchev–Trinajstić information content (AvgIpc) is 3.19. The number of carbonyl (C=O) groups excluding carboxylic acids is 1. The van der Waals surface area contributed by atoms with E-state index >= 15 is 0 Å². The third-order valence-corrected chi connectivity index (χ3v) is 7.14. The van der Waals surface area contributed by atoms with Crippen molar-refractivity contribution in [3.8, 4) is 0 Å². The number of rotatable bonds is 5. The van der Waals surface area contributed by atoms with Crippen LogP contribution in [0.25, 0.3) is 4.96 Å². The van der Waals surface area contributed by atoms with Crippen LogP contribution in [-0.4, -0.2) is 76.1 Å². The standard InChI is InChI=1S/C20H30N6O2S/c1-3-16-14-18(28)26-19(21-16)29-20(22-26)25-7-5-15(6-8-25)13-17(27)24-11-9-23(4-2)10-12-24/h14-15H,3-13H2,1-2H3. The molecule has 0 N–H and O–H groups in total. The van der Waals surface area contributed by atoms with Crippen molar-refractivity contribution in [3.05, 3.63) is 22.1 Å². The maximum Gasteiger partial charge on any atom is 0.275 e. The van der Waals surface area contributed by atoms with Crippen LogP contribution in [0.3, 0.4) is 0 Å². The molecule has 2 aliphatic rings. The highest BCUT2D eigenvalue weighted by Gasteiger charge is 2.27. The molecule has 29 heavy (non-hydrogen) atoms. The molecule has 4 heterocycles. The summed E-state index contributed by atoms with van der Waals surface area (Å²) in [6.45, 7) is 10.7. The Morgan fingerprint density at radius 2 is 1.86 bits per heavy atom. The van der Waals surface area contributed by atoms with Crippen LogP contribution in [0.15, 0.2) is 10.9 Å². The van der Waals surface area contributed by atoms with Gasteiger partial charge in [0.1, 0.15) is 0 Å². The zero-order valence-corrected chi connectivity index (χ0v) is 18.2. The van der Waals surface area contributed by atoms with Gasteiger partial charge in [-0.2, -0.15) is 4.52 Å². The molecule has 158 valence electrons. The molecule has 8 nitrogen and oxygen atoms in total. The number of carbonyl (C=O) groups is 1. The Bertz CT molecular complexity index is 909. The Morgan fingerprint density at radius 3 is 2.52 bits per heavy atom. The first-order valence-corrected chi connectivity index (χ1v) is 11.5. The Balaban J connectivity index is 1.32. The molecular formula is C20H30N6O2S. The van der Waals surface area contributed by atoms with E-state index in [1.807, 2.05) is 11.8 Å². The molecule has 0 unspecified atom stereocenters. The molecule has 2 aliphatic heterocycles. The normalized spacial score (nSPS) is 19.2. The molecule has 0 radical (unpaired) electrons. The molecule has 0 bridgehead atoms. The molecule has 2 fully saturated rings. The predicted octanol–water partition coefficient (Wildman–Crippen LogP) is 1.48. The highest BCUT2D eigenvalue weighted by molar-refractivity contribution is 7.20. The van der Waals surface area contributed by atoms with Gasteiger partial charge >= 0.3 is 0 Å². The van der Waals surface area contributed by atoms with E-state index in [9.17, 15) is 9.59 Å². The largest absolute Gasteiger partial charge is 0.347 e. The van der Waals surface area contributed by atoms with Gasteiger partial charge in [0.2, 0.25) is 16.0 Å². The first kappa shape index (κ1) is 20.3. The van der Waals surface area contributed by atoms with E-state index in [1.165, 1.54) is 15.9 Å². The van der Waals surface area contributed by atoms with E-state index in [-0.39, 0.29) is 5.56 Å². The molecule has 0 aromatic carbocycles. The smallest absolute Gasteiger partial charge is 0.275 e. The van der Waals surface area contributed by atoms with Gasteiger partial charge < -0.3 is 14.7 Å². The number of hydrogen-bond donors (Lipinski definition) is 0. The van der Waals surface area contributed by atoms with Crippen molar-refractivity contribution in [2.75, 3.05) is 50.7 Å². The summed E-state index contributed by atoms with van der Waals surface area (Å²) in [6.07, 6.45) is 3.37. The van der Waals surface area contributed by atoms with Gasteiger partial charge in [-0.1, -0.05) is 25.2 Å². The van der Waals surface area contributed by atoms with Crippen molar-refractivity contribution in [1.29, 1.82) is 0 Å². The van der Waals surface area contributed by atoms with E-state index < -0.39 is 0 Å². The van der Waals surface area contributed by atoms with Gasteiger partial charge in [-0.05, 0) is 31.7 Å². The zero-order valence-electron chi connectivity index (χ0n) is 17.3. The minimum absolute atomic E-state index is 0.113. The van der Waals surface area contributed by atoms with E-state index in [1.54, 1.807) is 6.07 Å². The lowest BCUT2D eigenvalue weighted by atomic mass is 9.93. The fraction of sp³-hybridized carbons (Fsp3) is 0.700. The molecule has 4 rings (SSSR count). The molecule has 0 atom stereocenters. The lowest BCUT2D eigenvalue weighted by molar-refractivity contribution is -0.134. The van der Waals surface area contributed by atoms with Crippen LogP contribution in [-0.2, 0) is 11.2 Å². The summed E-state index contributed by atoms with van der Waals surface area (Å²) in [7, 11) is 0. The minimum Gasteiger partial charge on any atom is -0.347 e. The summed E-state index contributed by atoms with van der Waals surface area (Å²) in [6, 6.07) is 1.56. The van der Waals surface area contributed by atoms with E-state index in [0.29, 0.717) is 23.2 Å². The van der Waals surface area contributed by atoms with Crippen LogP contribution in [0.4, 0.5) is 5.13 Å². The molecule has 2 saturated heterocycles. The maximum absolute atomic E-state index is 12.7. The quantitative estimate of drug-likeness (QED) is 0.732. The molecule has 2 aromatic rings. The van der Waals surface area contributed by atoms with Gasteiger partial charge in [-0.15, -0.1) is 5.10 Å².